The van der Waals surface area contributed by atoms with E-state index in [9.17, 15) is 9.59 Å². The van der Waals surface area contributed by atoms with Crippen molar-refractivity contribution in [3.8, 4) is 11.3 Å². The number of benzene rings is 2. The van der Waals surface area contributed by atoms with Crippen molar-refractivity contribution >= 4 is 11.6 Å². The van der Waals surface area contributed by atoms with Gasteiger partial charge in [-0.05, 0) is 31.5 Å². The zero-order chi connectivity index (χ0) is 17.8. The minimum absolute atomic E-state index is 0.325. The third kappa shape index (κ3) is 3.80. The molecule has 1 aromatic heterocycles. The van der Waals surface area contributed by atoms with Gasteiger partial charge in [-0.25, -0.2) is 9.48 Å². The van der Waals surface area contributed by atoms with E-state index in [4.69, 9.17) is 0 Å². The van der Waals surface area contributed by atoms with Crippen LogP contribution in [0.5, 0.6) is 0 Å². The first kappa shape index (κ1) is 16.6. The number of nitrogens with zero attached hydrogens (tertiary/aromatic N) is 3. The van der Waals surface area contributed by atoms with Crippen LogP contribution < -0.4 is 11.0 Å². The van der Waals surface area contributed by atoms with Crippen molar-refractivity contribution in [3.63, 3.8) is 0 Å². The van der Waals surface area contributed by atoms with Crippen LogP contribution in [-0.2, 0) is 4.79 Å². The van der Waals surface area contributed by atoms with Gasteiger partial charge in [-0.15, -0.1) is 0 Å². The molecule has 2 aromatic carbocycles. The van der Waals surface area contributed by atoms with Crippen molar-refractivity contribution in [3.05, 3.63) is 76.8 Å². The molecule has 1 N–H and O–H groups in total. The van der Waals surface area contributed by atoms with Gasteiger partial charge in [0.25, 0.3) is 0 Å². The Hall–Kier alpha value is -3.28. The zero-order valence-electron chi connectivity index (χ0n) is 14.0. The molecule has 0 bridgehead atoms. The second-order valence-electron chi connectivity index (χ2n) is 5.77. The topological polar surface area (TPSA) is 76.9 Å². The minimum atomic E-state index is -0.773. The third-order valence-electron chi connectivity index (χ3n) is 3.82. The Morgan fingerprint density at radius 1 is 1.12 bits per heavy atom. The maximum atomic E-state index is 12.4. The van der Waals surface area contributed by atoms with Gasteiger partial charge in [0, 0.05) is 11.3 Å². The minimum Gasteiger partial charge on any atom is -0.324 e. The number of rotatable bonds is 4. The second-order valence-corrected chi connectivity index (χ2v) is 5.77. The molecule has 0 radical (unpaired) electrons. The predicted octanol–water partition coefficient (Wildman–Crippen LogP) is 2.81. The van der Waals surface area contributed by atoms with E-state index >= 15 is 0 Å². The molecule has 0 spiro atoms. The van der Waals surface area contributed by atoms with Crippen molar-refractivity contribution in [2.75, 3.05) is 5.32 Å². The summed E-state index contributed by atoms with van der Waals surface area (Å²) >= 11 is 0. The fraction of sp³-hybridized carbons (Fsp3) is 0.158. The summed E-state index contributed by atoms with van der Waals surface area (Å²) in [4.78, 5) is 28.7. The quantitative estimate of drug-likeness (QED) is 0.796. The van der Waals surface area contributed by atoms with Gasteiger partial charge in [0.2, 0.25) is 5.91 Å². The van der Waals surface area contributed by atoms with Crippen molar-refractivity contribution in [1.82, 2.24) is 14.8 Å². The Morgan fingerprint density at radius 2 is 1.88 bits per heavy atom. The van der Waals surface area contributed by atoms with Crippen LogP contribution >= 0.6 is 0 Å². The molecule has 0 aliphatic heterocycles. The number of aryl methyl sites for hydroxylation is 1. The molecule has 3 rings (SSSR count). The highest BCUT2D eigenvalue weighted by Gasteiger charge is 2.18. The van der Waals surface area contributed by atoms with Crippen LogP contribution in [0.1, 0.15) is 18.5 Å². The molecule has 0 fully saturated rings. The Labute approximate surface area is 145 Å². The summed E-state index contributed by atoms with van der Waals surface area (Å²) in [6.07, 6.45) is 1.49. The number of carbonyl (C=O) groups excluding carboxylic acids is 1. The van der Waals surface area contributed by atoms with Crippen LogP contribution in [0.15, 0.2) is 65.6 Å². The molecule has 3 aromatic rings. The lowest BCUT2D eigenvalue weighted by molar-refractivity contribution is -0.119. The lowest BCUT2D eigenvalue weighted by Gasteiger charge is -2.14. The third-order valence-corrected chi connectivity index (χ3v) is 3.82. The average Bonchev–Trinajstić information content (AvgIpc) is 2.62. The van der Waals surface area contributed by atoms with E-state index in [1.807, 2.05) is 55.5 Å². The van der Waals surface area contributed by atoms with E-state index < -0.39 is 11.7 Å². The molecule has 25 heavy (non-hydrogen) atoms. The summed E-state index contributed by atoms with van der Waals surface area (Å²) in [6, 6.07) is 16.0. The highest BCUT2D eigenvalue weighted by molar-refractivity contribution is 5.93. The molecule has 0 saturated heterocycles. The number of hydrogen-bond acceptors (Lipinski definition) is 4. The summed E-state index contributed by atoms with van der Waals surface area (Å²) in [7, 11) is 0. The highest BCUT2D eigenvalue weighted by Crippen LogP contribution is 2.15. The van der Waals surface area contributed by atoms with E-state index in [0.717, 1.165) is 15.8 Å². The summed E-state index contributed by atoms with van der Waals surface area (Å²) in [5.74, 6) is -0.325. The van der Waals surface area contributed by atoms with Crippen LogP contribution in [0, 0.1) is 6.92 Å². The number of hydrogen-bond donors (Lipinski definition) is 1. The molecule has 126 valence electrons. The van der Waals surface area contributed by atoms with Gasteiger partial charge in [0.05, 0.1) is 11.9 Å². The van der Waals surface area contributed by atoms with Gasteiger partial charge in [-0.2, -0.15) is 10.1 Å². The molecule has 0 unspecified atom stereocenters. The SMILES string of the molecule is Cc1cccc(NC(=O)[C@@H](C)n2ncc(-c3ccccc3)nc2=O)c1. The maximum absolute atomic E-state index is 12.4. The van der Waals surface area contributed by atoms with Crippen LogP contribution in [0.2, 0.25) is 0 Å². The molecular weight excluding hydrogens is 316 g/mol. The Balaban J connectivity index is 1.81. The number of carbonyl (C=O) groups is 1. The van der Waals surface area contributed by atoms with Crippen LogP contribution in [0.4, 0.5) is 5.69 Å². The monoisotopic (exact) mass is 334 g/mol. The standard InChI is InChI=1S/C19H18N4O2/c1-13-7-6-10-16(11-13)21-18(24)14(2)23-19(25)22-17(12-20-23)15-8-4-3-5-9-15/h3-12,14H,1-2H3,(H,21,24)/t14-/m1/s1. The van der Waals surface area contributed by atoms with Crippen LogP contribution in [0.25, 0.3) is 11.3 Å². The van der Waals surface area contributed by atoms with Gasteiger partial charge in [0.1, 0.15) is 6.04 Å². The number of anilines is 1. The Kier molecular flexibility index (Phi) is 4.70. The molecule has 1 amide bonds. The van der Waals surface area contributed by atoms with Crippen LogP contribution in [0.3, 0.4) is 0 Å². The average molecular weight is 334 g/mol. The first-order chi connectivity index (χ1) is 12.0. The Morgan fingerprint density at radius 3 is 2.56 bits per heavy atom. The molecule has 0 aliphatic rings. The molecule has 6 nitrogen and oxygen atoms in total. The van der Waals surface area contributed by atoms with Gasteiger partial charge in [-0.3, -0.25) is 4.79 Å². The van der Waals surface area contributed by atoms with E-state index in [-0.39, 0.29) is 5.91 Å². The zero-order valence-corrected chi connectivity index (χ0v) is 14.0. The molecule has 0 saturated carbocycles. The summed E-state index contributed by atoms with van der Waals surface area (Å²) in [6.45, 7) is 3.56. The highest BCUT2D eigenvalue weighted by atomic mass is 16.2. The first-order valence-corrected chi connectivity index (χ1v) is 7.93. The largest absolute Gasteiger partial charge is 0.365 e. The van der Waals surface area contributed by atoms with Crippen molar-refractivity contribution in [2.45, 2.75) is 19.9 Å². The molecule has 1 atom stereocenters. The van der Waals surface area contributed by atoms with E-state index in [0.29, 0.717) is 11.4 Å². The van der Waals surface area contributed by atoms with E-state index in [1.54, 1.807) is 13.0 Å². The normalized spacial score (nSPS) is 11.8. The van der Waals surface area contributed by atoms with Crippen molar-refractivity contribution in [1.29, 1.82) is 0 Å². The predicted molar refractivity (Wildman–Crippen MR) is 96.2 cm³/mol. The van der Waals surface area contributed by atoms with Crippen LogP contribution in [-0.4, -0.2) is 20.7 Å². The van der Waals surface area contributed by atoms with Gasteiger partial charge in [-0.1, -0.05) is 42.5 Å². The first-order valence-electron chi connectivity index (χ1n) is 7.93. The van der Waals surface area contributed by atoms with Gasteiger partial charge < -0.3 is 5.32 Å². The molecular formula is C19H18N4O2. The summed E-state index contributed by atoms with van der Waals surface area (Å²) in [5.41, 5.74) is 2.44. The summed E-state index contributed by atoms with van der Waals surface area (Å²) < 4.78 is 1.08. The van der Waals surface area contributed by atoms with Crippen molar-refractivity contribution in [2.24, 2.45) is 0 Å². The van der Waals surface area contributed by atoms with Gasteiger partial charge >= 0.3 is 5.69 Å². The Bertz CT molecular complexity index is 951. The number of aromatic nitrogens is 3. The fourth-order valence-electron chi connectivity index (χ4n) is 2.44. The molecule has 0 aliphatic carbocycles. The lowest BCUT2D eigenvalue weighted by Crippen LogP contribution is -2.34. The lowest BCUT2D eigenvalue weighted by atomic mass is 10.2. The number of amides is 1. The second kappa shape index (κ2) is 7.09. The van der Waals surface area contributed by atoms with E-state index in [2.05, 4.69) is 15.4 Å². The number of nitrogens with one attached hydrogen (secondary N) is 1. The smallest absolute Gasteiger partial charge is 0.324 e. The summed E-state index contributed by atoms with van der Waals surface area (Å²) in [5, 5.41) is 6.90. The van der Waals surface area contributed by atoms with Crippen molar-refractivity contribution < 1.29 is 4.79 Å². The molecule has 1 heterocycles. The van der Waals surface area contributed by atoms with Gasteiger partial charge in [0.15, 0.2) is 0 Å². The fourth-order valence-corrected chi connectivity index (χ4v) is 2.44. The maximum Gasteiger partial charge on any atom is 0.365 e. The molecule has 6 heteroatoms. The van der Waals surface area contributed by atoms with E-state index in [1.165, 1.54) is 6.20 Å².